The minimum atomic E-state index is -0.254. The molecule has 0 aliphatic rings. The summed E-state index contributed by atoms with van der Waals surface area (Å²) in [5, 5.41) is 7.44. The molecule has 27 heavy (non-hydrogen) atoms. The number of amides is 1. The van der Waals surface area contributed by atoms with Crippen LogP contribution in [0.25, 0.3) is 21.5 Å². The van der Waals surface area contributed by atoms with Crippen LogP contribution in [-0.4, -0.2) is 13.0 Å². The van der Waals surface area contributed by atoms with Gasteiger partial charge in [-0.25, -0.2) is 0 Å². The molecule has 0 radical (unpaired) electrons. The molecular formula is C24H21NO2. The molecular weight excluding hydrogens is 334 g/mol. The van der Waals surface area contributed by atoms with Crippen molar-refractivity contribution in [3.05, 3.63) is 84.4 Å². The number of ether oxygens (including phenoxy) is 1. The largest absolute Gasteiger partial charge is 0.497 e. The lowest BCUT2D eigenvalue weighted by atomic mass is 9.96. The van der Waals surface area contributed by atoms with E-state index in [9.17, 15) is 4.79 Å². The molecule has 3 heteroatoms. The van der Waals surface area contributed by atoms with E-state index in [1.54, 1.807) is 7.11 Å². The number of carbonyl (C=O) groups is 1. The Morgan fingerprint density at radius 3 is 2.44 bits per heavy atom. The third-order valence-electron chi connectivity index (χ3n) is 5.01. The van der Waals surface area contributed by atoms with Gasteiger partial charge < -0.3 is 10.1 Å². The number of fused-ring (bicyclic) bond motifs is 2. The predicted octanol–water partition coefficient (Wildman–Crippen LogP) is 5.74. The summed E-state index contributed by atoms with van der Waals surface area (Å²) in [6.45, 7) is 1.94. The molecule has 0 fully saturated rings. The molecule has 0 saturated carbocycles. The number of carbonyl (C=O) groups excluding carboxylic acids is 1. The molecule has 0 unspecified atom stereocenters. The summed E-state index contributed by atoms with van der Waals surface area (Å²) in [4.78, 5) is 12.9. The fourth-order valence-corrected chi connectivity index (χ4v) is 3.37. The van der Waals surface area contributed by atoms with E-state index < -0.39 is 0 Å². The molecule has 3 nitrogen and oxygen atoms in total. The summed E-state index contributed by atoms with van der Waals surface area (Å²) >= 11 is 0. The molecule has 1 amide bonds. The molecule has 4 rings (SSSR count). The van der Waals surface area contributed by atoms with Gasteiger partial charge in [-0.3, -0.25) is 4.79 Å². The normalized spacial score (nSPS) is 12.1. The maximum Gasteiger partial charge on any atom is 0.231 e. The molecule has 0 heterocycles. The molecule has 134 valence electrons. The highest BCUT2D eigenvalue weighted by molar-refractivity contribution is 6.04. The lowest BCUT2D eigenvalue weighted by molar-refractivity contribution is -0.117. The maximum absolute atomic E-state index is 12.9. The minimum absolute atomic E-state index is 0.0146. The van der Waals surface area contributed by atoms with Crippen molar-refractivity contribution in [2.24, 2.45) is 0 Å². The van der Waals surface area contributed by atoms with Crippen LogP contribution in [0.4, 0.5) is 5.69 Å². The van der Waals surface area contributed by atoms with E-state index in [1.807, 2.05) is 79.7 Å². The summed E-state index contributed by atoms with van der Waals surface area (Å²) in [6.07, 6.45) is 0. The van der Waals surface area contributed by atoms with Crippen molar-refractivity contribution in [2.45, 2.75) is 12.8 Å². The number of methoxy groups -OCH3 is 1. The standard InChI is InChI=1S/C24H21NO2/c1-16(18-10-11-20-15-21(27-2)13-12-19(20)14-18)24(26)25-23-9-5-7-17-6-3-4-8-22(17)23/h3-16H,1-2H3,(H,25,26)/t16-/m0/s1. The van der Waals surface area contributed by atoms with Crippen molar-refractivity contribution < 1.29 is 9.53 Å². The fraction of sp³-hybridized carbons (Fsp3) is 0.125. The van der Waals surface area contributed by atoms with Crippen molar-refractivity contribution in [1.29, 1.82) is 0 Å². The lowest BCUT2D eigenvalue weighted by Gasteiger charge is -2.15. The van der Waals surface area contributed by atoms with Gasteiger partial charge in [0.2, 0.25) is 5.91 Å². The zero-order valence-electron chi connectivity index (χ0n) is 15.4. The van der Waals surface area contributed by atoms with Crippen molar-refractivity contribution in [3.63, 3.8) is 0 Å². The van der Waals surface area contributed by atoms with E-state index >= 15 is 0 Å². The quantitative estimate of drug-likeness (QED) is 0.507. The van der Waals surface area contributed by atoms with E-state index in [1.165, 1.54) is 0 Å². The Kier molecular flexibility index (Phi) is 4.51. The monoisotopic (exact) mass is 355 g/mol. The average Bonchev–Trinajstić information content (AvgIpc) is 2.72. The number of nitrogens with one attached hydrogen (secondary N) is 1. The van der Waals surface area contributed by atoms with Gasteiger partial charge in [-0.1, -0.05) is 60.7 Å². The molecule has 4 aromatic carbocycles. The summed E-state index contributed by atoms with van der Waals surface area (Å²) in [5.74, 6) is 0.562. The number of benzene rings is 4. The van der Waals surface area contributed by atoms with Crippen molar-refractivity contribution in [2.75, 3.05) is 12.4 Å². The van der Waals surface area contributed by atoms with E-state index in [4.69, 9.17) is 4.74 Å². The van der Waals surface area contributed by atoms with Crippen molar-refractivity contribution in [3.8, 4) is 5.75 Å². The molecule has 4 aromatic rings. The first-order valence-corrected chi connectivity index (χ1v) is 9.02. The van der Waals surface area contributed by atoms with Crippen LogP contribution in [0.15, 0.2) is 78.9 Å². The Hall–Kier alpha value is -3.33. The van der Waals surface area contributed by atoms with E-state index in [0.29, 0.717) is 0 Å². The zero-order valence-corrected chi connectivity index (χ0v) is 15.4. The van der Waals surface area contributed by atoms with Crippen LogP contribution in [0.2, 0.25) is 0 Å². The van der Waals surface area contributed by atoms with Gasteiger partial charge in [0.25, 0.3) is 0 Å². The highest BCUT2D eigenvalue weighted by atomic mass is 16.5. The highest BCUT2D eigenvalue weighted by Gasteiger charge is 2.16. The maximum atomic E-state index is 12.9. The van der Waals surface area contributed by atoms with Crippen LogP contribution in [-0.2, 0) is 4.79 Å². The van der Waals surface area contributed by atoms with E-state index in [0.717, 1.165) is 38.5 Å². The van der Waals surface area contributed by atoms with Crippen LogP contribution in [0.5, 0.6) is 5.75 Å². The topological polar surface area (TPSA) is 38.3 Å². The van der Waals surface area contributed by atoms with E-state index in [2.05, 4.69) is 11.4 Å². The Balaban J connectivity index is 1.61. The first kappa shape index (κ1) is 17.1. The first-order chi connectivity index (χ1) is 13.2. The second-order valence-corrected chi connectivity index (χ2v) is 6.71. The number of hydrogen-bond acceptors (Lipinski definition) is 2. The molecule has 0 spiro atoms. The smallest absolute Gasteiger partial charge is 0.231 e. The molecule has 1 N–H and O–H groups in total. The van der Waals surface area contributed by atoms with Crippen molar-refractivity contribution >= 4 is 33.1 Å². The van der Waals surface area contributed by atoms with Gasteiger partial charge in [-0.15, -0.1) is 0 Å². The molecule has 0 aliphatic heterocycles. The second-order valence-electron chi connectivity index (χ2n) is 6.71. The Bertz CT molecular complexity index is 1130. The van der Waals surface area contributed by atoms with Crippen LogP contribution in [0, 0.1) is 0 Å². The molecule has 0 aromatic heterocycles. The molecule has 0 saturated heterocycles. The molecule has 0 bridgehead atoms. The van der Waals surface area contributed by atoms with Gasteiger partial charge in [0.15, 0.2) is 0 Å². The summed E-state index contributed by atoms with van der Waals surface area (Å²) < 4.78 is 5.28. The van der Waals surface area contributed by atoms with Crippen molar-refractivity contribution in [1.82, 2.24) is 0 Å². The summed E-state index contributed by atoms with van der Waals surface area (Å²) in [5.41, 5.74) is 1.83. The lowest BCUT2D eigenvalue weighted by Crippen LogP contribution is -2.19. The van der Waals surface area contributed by atoms with Crippen LogP contribution in [0.1, 0.15) is 18.4 Å². The highest BCUT2D eigenvalue weighted by Crippen LogP contribution is 2.27. The Morgan fingerprint density at radius 1 is 0.852 bits per heavy atom. The predicted molar refractivity (Wildman–Crippen MR) is 111 cm³/mol. The van der Waals surface area contributed by atoms with Crippen LogP contribution >= 0.6 is 0 Å². The third kappa shape index (κ3) is 3.36. The average molecular weight is 355 g/mol. The summed E-state index contributed by atoms with van der Waals surface area (Å²) in [7, 11) is 1.66. The van der Waals surface area contributed by atoms with Gasteiger partial charge >= 0.3 is 0 Å². The Morgan fingerprint density at radius 2 is 1.59 bits per heavy atom. The van der Waals surface area contributed by atoms with Gasteiger partial charge in [-0.2, -0.15) is 0 Å². The van der Waals surface area contributed by atoms with Gasteiger partial charge in [0.1, 0.15) is 5.75 Å². The third-order valence-corrected chi connectivity index (χ3v) is 5.01. The van der Waals surface area contributed by atoms with E-state index in [-0.39, 0.29) is 11.8 Å². The Labute approximate surface area is 158 Å². The fourth-order valence-electron chi connectivity index (χ4n) is 3.37. The number of anilines is 1. The number of rotatable bonds is 4. The van der Waals surface area contributed by atoms with Gasteiger partial charge in [0, 0.05) is 11.1 Å². The SMILES string of the molecule is COc1ccc2cc([C@H](C)C(=O)Nc3cccc4ccccc34)ccc2c1. The first-order valence-electron chi connectivity index (χ1n) is 9.02. The number of hydrogen-bond donors (Lipinski definition) is 1. The zero-order chi connectivity index (χ0) is 18.8. The second kappa shape index (κ2) is 7.12. The van der Waals surface area contributed by atoms with Crippen LogP contribution in [0.3, 0.4) is 0 Å². The molecule has 1 atom stereocenters. The van der Waals surface area contributed by atoms with Gasteiger partial charge in [-0.05, 0) is 46.8 Å². The van der Waals surface area contributed by atoms with Gasteiger partial charge in [0.05, 0.1) is 13.0 Å². The van der Waals surface area contributed by atoms with Crippen LogP contribution < -0.4 is 10.1 Å². The minimum Gasteiger partial charge on any atom is -0.497 e. The summed E-state index contributed by atoms with van der Waals surface area (Å²) in [6, 6.07) is 26.1. The molecule has 0 aliphatic carbocycles.